The van der Waals surface area contributed by atoms with Gasteiger partial charge in [0.2, 0.25) is 5.91 Å². The third-order valence-electron chi connectivity index (χ3n) is 3.05. The quantitative estimate of drug-likeness (QED) is 0.752. The standard InChI is InChI=1S/C15H18ClN3O2S/c1-8(2)17-15(21)19-18-14(20)7-13-9(3)11-6-10(16)4-5-12(11)22-13/h4-6,8H,7H2,1-3H3,(H,18,20)(H2,17,19,21). The van der Waals surface area contributed by atoms with Crippen LogP contribution >= 0.6 is 22.9 Å². The molecule has 0 aliphatic heterocycles. The van der Waals surface area contributed by atoms with E-state index in [4.69, 9.17) is 11.6 Å². The van der Waals surface area contributed by atoms with Crippen molar-refractivity contribution in [3.05, 3.63) is 33.7 Å². The number of thiophene rings is 1. The molecule has 1 heterocycles. The van der Waals surface area contributed by atoms with E-state index in [2.05, 4.69) is 16.2 Å². The maximum atomic E-state index is 11.9. The number of hydrazine groups is 1. The fraction of sp³-hybridized carbons (Fsp3) is 0.333. The maximum Gasteiger partial charge on any atom is 0.333 e. The van der Waals surface area contributed by atoms with Crippen LogP contribution in [0.25, 0.3) is 10.1 Å². The van der Waals surface area contributed by atoms with Crippen molar-refractivity contribution < 1.29 is 9.59 Å². The zero-order valence-corrected chi connectivity index (χ0v) is 14.2. The molecule has 3 N–H and O–H groups in total. The largest absolute Gasteiger partial charge is 0.335 e. The Kier molecular flexibility index (Phi) is 5.26. The Labute approximate surface area is 138 Å². The molecule has 22 heavy (non-hydrogen) atoms. The molecule has 118 valence electrons. The molecule has 0 bridgehead atoms. The minimum atomic E-state index is -0.428. The molecule has 0 unspecified atom stereocenters. The lowest BCUT2D eigenvalue weighted by molar-refractivity contribution is -0.121. The highest BCUT2D eigenvalue weighted by atomic mass is 35.5. The number of hydrogen-bond donors (Lipinski definition) is 3. The van der Waals surface area contributed by atoms with Crippen LogP contribution in [0.2, 0.25) is 5.02 Å². The van der Waals surface area contributed by atoms with E-state index in [-0.39, 0.29) is 18.4 Å². The van der Waals surface area contributed by atoms with Gasteiger partial charge in [-0.25, -0.2) is 10.2 Å². The molecule has 1 aromatic carbocycles. The summed E-state index contributed by atoms with van der Waals surface area (Å²) in [4.78, 5) is 24.3. The van der Waals surface area contributed by atoms with Gasteiger partial charge < -0.3 is 5.32 Å². The van der Waals surface area contributed by atoms with Gasteiger partial charge in [0.25, 0.3) is 0 Å². The Balaban J connectivity index is 2.00. The van der Waals surface area contributed by atoms with Gasteiger partial charge in [0.15, 0.2) is 0 Å². The molecule has 1 aromatic heterocycles. The highest BCUT2D eigenvalue weighted by Crippen LogP contribution is 2.32. The van der Waals surface area contributed by atoms with Gasteiger partial charge in [-0.1, -0.05) is 11.6 Å². The Morgan fingerprint density at radius 3 is 2.68 bits per heavy atom. The van der Waals surface area contributed by atoms with E-state index in [9.17, 15) is 9.59 Å². The average Bonchev–Trinajstić information content (AvgIpc) is 2.73. The maximum absolute atomic E-state index is 11.9. The molecule has 2 aromatic rings. The summed E-state index contributed by atoms with van der Waals surface area (Å²) < 4.78 is 1.09. The van der Waals surface area contributed by atoms with E-state index in [0.29, 0.717) is 5.02 Å². The summed E-state index contributed by atoms with van der Waals surface area (Å²) in [6.07, 6.45) is 0.213. The van der Waals surface area contributed by atoms with Crippen molar-refractivity contribution in [2.45, 2.75) is 33.2 Å². The summed E-state index contributed by atoms with van der Waals surface area (Å²) >= 11 is 7.56. The molecule has 0 aliphatic rings. The molecule has 0 saturated heterocycles. The van der Waals surface area contributed by atoms with Crippen molar-refractivity contribution in [2.75, 3.05) is 0 Å². The van der Waals surface area contributed by atoms with Gasteiger partial charge in [-0.05, 0) is 49.9 Å². The van der Waals surface area contributed by atoms with Crippen LogP contribution in [0.5, 0.6) is 0 Å². The Morgan fingerprint density at radius 1 is 1.27 bits per heavy atom. The lowest BCUT2D eigenvalue weighted by Crippen LogP contribution is -2.49. The summed E-state index contributed by atoms with van der Waals surface area (Å²) in [5.41, 5.74) is 5.77. The number of aryl methyl sites for hydroxylation is 1. The van der Waals surface area contributed by atoms with E-state index in [0.717, 1.165) is 20.5 Å². The first-order valence-corrected chi connectivity index (χ1v) is 8.09. The summed E-state index contributed by atoms with van der Waals surface area (Å²) in [6, 6.07) is 5.26. The van der Waals surface area contributed by atoms with Crippen LogP contribution in [0.4, 0.5) is 4.79 Å². The smallest absolute Gasteiger partial charge is 0.333 e. The first kappa shape index (κ1) is 16.6. The number of carbonyl (C=O) groups is 2. The van der Waals surface area contributed by atoms with E-state index in [1.54, 1.807) is 11.3 Å². The normalized spacial score (nSPS) is 10.8. The fourth-order valence-corrected chi connectivity index (χ4v) is 3.39. The van der Waals surface area contributed by atoms with Gasteiger partial charge >= 0.3 is 6.03 Å². The van der Waals surface area contributed by atoms with Crippen molar-refractivity contribution in [2.24, 2.45) is 0 Å². The van der Waals surface area contributed by atoms with Gasteiger partial charge in [-0.2, -0.15) is 0 Å². The predicted molar refractivity (Wildman–Crippen MR) is 90.2 cm³/mol. The van der Waals surface area contributed by atoms with Gasteiger partial charge in [-0.3, -0.25) is 10.2 Å². The predicted octanol–water partition coefficient (Wildman–Crippen LogP) is 3.14. The lowest BCUT2D eigenvalue weighted by atomic mass is 10.1. The number of benzene rings is 1. The molecule has 7 heteroatoms. The molecule has 0 aliphatic carbocycles. The molecular formula is C15H18ClN3O2S. The minimum absolute atomic E-state index is 0.00601. The number of carbonyl (C=O) groups excluding carboxylic acids is 2. The molecular weight excluding hydrogens is 322 g/mol. The third kappa shape index (κ3) is 4.11. The van der Waals surface area contributed by atoms with Crippen LogP contribution in [0.3, 0.4) is 0 Å². The zero-order valence-electron chi connectivity index (χ0n) is 12.6. The van der Waals surface area contributed by atoms with E-state index >= 15 is 0 Å². The van der Waals surface area contributed by atoms with E-state index in [1.165, 1.54) is 0 Å². The number of rotatable bonds is 3. The Bertz CT molecular complexity index is 712. The van der Waals surface area contributed by atoms with Crippen molar-refractivity contribution in [3.8, 4) is 0 Å². The molecule has 0 spiro atoms. The zero-order chi connectivity index (χ0) is 16.3. The van der Waals surface area contributed by atoms with Crippen LogP contribution in [0.1, 0.15) is 24.3 Å². The third-order valence-corrected chi connectivity index (χ3v) is 4.56. The van der Waals surface area contributed by atoms with Crippen LogP contribution < -0.4 is 16.2 Å². The highest BCUT2D eigenvalue weighted by Gasteiger charge is 2.13. The number of hydrogen-bond acceptors (Lipinski definition) is 3. The van der Waals surface area contributed by atoms with E-state index in [1.807, 2.05) is 39.0 Å². The number of urea groups is 1. The summed E-state index contributed by atoms with van der Waals surface area (Å²) in [5.74, 6) is -0.264. The van der Waals surface area contributed by atoms with Crippen LogP contribution in [-0.2, 0) is 11.2 Å². The number of fused-ring (bicyclic) bond motifs is 1. The van der Waals surface area contributed by atoms with Gasteiger partial charge in [0.1, 0.15) is 0 Å². The summed E-state index contributed by atoms with van der Waals surface area (Å²) in [5, 5.41) is 4.36. The van der Waals surface area contributed by atoms with Crippen LogP contribution in [-0.4, -0.2) is 18.0 Å². The topological polar surface area (TPSA) is 70.2 Å². The minimum Gasteiger partial charge on any atom is -0.335 e. The van der Waals surface area contributed by atoms with Crippen molar-refractivity contribution in [1.82, 2.24) is 16.2 Å². The Hall–Kier alpha value is -1.79. The second-order valence-electron chi connectivity index (χ2n) is 5.27. The molecule has 0 radical (unpaired) electrons. The molecule has 2 rings (SSSR count). The van der Waals surface area contributed by atoms with Crippen LogP contribution in [0.15, 0.2) is 18.2 Å². The van der Waals surface area contributed by atoms with Gasteiger partial charge in [0, 0.05) is 20.6 Å². The highest BCUT2D eigenvalue weighted by molar-refractivity contribution is 7.19. The lowest BCUT2D eigenvalue weighted by Gasteiger charge is -2.10. The second-order valence-corrected chi connectivity index (χ2v) is 6.84. The number of nitrogens with one attached hydrogen (secondary N) is 3. The fourth-order valence-electron chi connectivity index (χ4n) is 2.03. The average molecular weight is 340 g/mol. The SMILES string of the molecule is Cc1c(CC(=O)NNC(=O)NC(C)C)sc2ccc(Cl)cc12. The van der Waals surface area contributed by atoms with Crippen molar-refractivity contribution in [3.63, 3.8) is 0 Å². The Morgan fingerprint density at radius 2 is 2.00 bits per heavy atom. The monoisotopic (exact) mass is 339 g/mol. The first-order valence-electron chi connectivity index (χ1n) is 6.89. The van der Waals surface area contributed by atoms with Crippen molar-refractivity contribution in [1.29, 1.82) is 0 Å². The molecule has 0 fully saturated rings. The van der Waals surface area contributed by atoms with Gasteiger partial charge in [-0.15, -0.1) is 11.3 Å². The van der Waals surface area contributed by atoms with Crippen LogP contribution in [0, 0.1) is 6.92 Å². The first-order chi connectivity index (χ1) is 10.4. The number of amides is 3. The van der Waals surface area contributed by atoms with Crippen molar-refractivity contribution >= 4 is 45.0 Å². The summed E-state index contributed by atoms with van der Waals surface area (Å²) in [6.45, 7) is 5.65. The number of halogens is 1. The molecule has 3 amide bonds. The molecule has 0 saturated carbocycles. The summed E-state index contributed by atoms with van der Waals surface area (Å²) in [7, 11) is 0. The van der Waals surface area contributed by atoms with E-state index < -0.39 is 6.03 Å². The van der Waals surface area contributed by atoms with Gasteiger partial charge in [0.05, 0.1) is 6.42 Å². The molecule has 0 atom stereocenters. The second kappa shape index (κ2) is 6.98. The molecule has 5 nitrogen and oxygen atoms in total.